The van der Waals surface area contributed by atoms with Gasteiger partial charge < -0.3 is 9.80 Å². The fourth-order valence-electron chi connectivity index (χ4n) is 3.43. The first kappa shape index (κ1) is 13.9. The molecule has 4 rings (SSSR count). The summed E-state index contributed by atoms with van der Waals surface area (Å²) in [4.78, 5) is 25.2. The zero-order valence-corrected chi connectivity index (χ0v) is 13.6. The van der Waals surface area contributed by atoms with Crippen LogP contribution in [0.1, 0.15) is 32.6 Å². The molecule has 0 radical (unpaired) electrons. The lowest BCUT2D eigenvalue weighted by Crippen LogP contribution is -2.43. The predicted octanol–water partition coefficient (Wildman–Crippen LogP) is 2.67. The van der Waals surface area contributed by atoms with E-state index in [0.29, 0.717) is 12.1 Å². The Hall–Kier alpha value is -1.69. The van der Waals surface area contributed by atoms with Gasteiger partial charge in [-0.1, -0.05) is 0 Å². The van der Waals surface area contributed by atoms with Crippen molar-refractivity contribution < 1.29 is 4.79 Å². The Labute approximate surface area is 134 Å². The van der Waals surface area contributed by atoms with E-state index in [-0.39, 0.29) is 5.91 Å². The minimum atomic E-state index is 0.207. The van der Waals surface area contributed by atoms with E-state index in [4.69, 9.17) is 0 Å². The molecule has 2 aliphatic rings. The molecule has 116 valence electrons. The summed E-state index contributed by atoms with van der Waals surface area (Å²) < 4.78 is 1.16. The van der Waals surface area contributed by atoms with E-state index in [9.17, 15) is 4.79 Å². The Morgan fingerprint density at radius 3 is 3.05 bits per heavy atom. The Morgan fingerprint density at radius 2 is 2.27 bits per heavy atom. The summed E-state index contributed by atoms with van der Waals surface area (Å²) in [5.74, 6) is 1.25. The van der Waals surface area contributed by atoms with Crippen molar-refractivity contribution in [3.8, 4) is 0 Å². The van der Waals surface area contributed by atoms with Gasteiger partial charge in [0.05, 0.1) is 10.2 Å². The van der Waals surface area contributed by atoms with Crippen LogP contribution in [0.3, 0.4) is 0 Å². The molecule has 6 heteroatoms. The summed E-state index contributed by atoms with van der Waals surface area (Å²) in [5.41, 5.74) is 1.02. The maximum atomic E-state index is 11.9. The van der Waals surface area contributed by atoms with Crippen LogP contribution >= 0.6 is 11.3 Å². The number of anilines is 1. The van der Waals surface area contributed by atoms with Crippen molar-refractivity contribution >= 4 is 33.3 Å². The molecule has 22 heavy (non-hydrogen) atoms. The van der Waals surface area contributed by atoms with Crippen LogP contribution in [0, 0.1) is 0 Å². The van der Waals surface area contributed by atoms with Crippen LogP contribution in [0.25, 0.3) is 10.2 Å². The van der Waals surface area contributed by atoms with Gasteiger partial charge in [-0.2, -0.15) is 0 Å². The SMILES string of the molecule is CC(=O)N(CC1CCCN1c1ncnc2ccsc12)C1CC1. The molecule has 1 saturated carbocycles. The predicted molar refractivity (Wildman–Crippen MR) is 88.2 cm³/mol. The molecule has 0 bridgehead atoms. The van der Waals surface area contributed by atoms with Crippen LogP contribution in [-0.2, 0) is 4.79 Å². The van der Waals surface area contributed by atoms with Gasteiger partial charge in [0.15, 0.2) is 0 Å². The van der Waals surface area contributed by atoms with E-state index in [1.807, 2.05) is 6.07 Å². The quantitative estimate of drug-likeness (QED) is 0.870. The van der Waals surface area contributed by atoms with E-state index < -0.39 is 0 Å². The molecule has 0 spiro atoms. The van der Waals surface area contributed by atoms with Gasteiger partial charge in [-0.15, -0.1) is 11.3 Å². The third-order valence-electron chi connectivity index (χ3n) is 4.67. The van der Waals surface area contributed by atoms with Gasteiger partial charge in [-0.3, -0.25) is 4.79 Å². The molecule has 5 nitrogen and oxygen atoms in total. The number of carbonyl (C=O) groups excluding carboxylic acids is 1. The molecular formula is C16H20N4OS. The van der Waals surface area contributed by atoms with E-state index in [1.54, 1.807) is 24.6 Å². The molecule has 3 heterocycles. The maximum absolute atomic E-state index is 11.9. The number of thiophene rings is 1. The maximum Gasteiger partial charge on any atom is 0.219 e. The first-order chi connectivity index (χ1) is 10.7. The van der Waals surface area contributed by atoms with Crippen molar-refractivity contribution in [1.82, 2.24) is 14.9 Å². The summed E-state index contributed by atoms with van der Waals surface area (Å²) in [7, 11) is 0. The van der Waals surface area contributed by atoms with Gasteiger partial charge >= 0.3 is 0 Å². The van der Waals surface area contributed by atoms with Crippen molar-refractivity contribution in [3.63, 3.8) is 0 Å². The molecule has 1 saturated heterocycles. The highest BCUT2D eigenvalue weighted by Crippen LogP contribution is 2.34. The highest BCUT2D eigenvalue weighted by atomic mass is 32.1. The normalized spacial score (nSPS) is 21.5. The van der Waals surface area contributed by atoms with E-state index in [1.165, 1.54) is 0 Å². The van der Waals surface area contributed by atoms with Crippen molar-refractivity contribution in [1.29, 1.82) is 0 Å². The molecule has 2 aromatic rings. The first-order valence-corrected chi connectivity index (χ1v) is 8.84. The van der Waals surface area contributed by atoms with Crippen LogP contribution in [0.2, 0.25) is 0 Å². The minimum Gasteiger partial charge on any atom is -0.351 e. The number of rotatable bonds is 4. The van der Waals surface area contributed by atoms with E-state index >= 15 is 0 Å². The summed E-state index contributed by atoms with van der Waals surface area (Å²) in [5, 5.41) is 2.07. The lowest BCUT2D eigenvalue weighted by Gasteiger charge is -2.31. The molecule has 1 aliphatic carbocycles. The molecule has 0 aromatic carbocycles. The highest BCUT2D eigenvalue weighted by Gasteiger charge is 2.36. The van der Waals surface area contributed by atoms with Crippen LogP contribution in [0.4, 0.5) is 5.82 Å². The van der Waals surface area contributed by atoms with Gasteiger partial charge in [0.25, 0.3) is 0 Å². The second-order valence-electron chi connectivity index (χ2n) is 6.22. The number of aromatic nitrogens is 2. The summed E-state index contributed by atoms with van der Waals surface area (Å²) in [6.45, 7) is 3.54. The number of nitrogens with zero attached hydrogens (tertiary/aromatic N) is 4. The molecular weight excluding hydrogens is 296 g/mol. The Kier molecular flexibility index (Phi) is 3.48. The molecule has 1 aliphatic heterocycles. The van der Waals surface area contributed by atoms with Gasteiger partial charge in [-0.25, -0.2) is 9.97 Å². The monoisotopic (exact) mass is 316 g/mol. The number of fused-ring (bicyclic) bond motifs is 1. The Morgan fingerprint density at radius 1 is 1.41 bits per heavy atom. The highest BCUT2D eigenvalue weighted by molar-refractivity contribution is 7.17. The lowest BCUT2D eigenvalue weighted by molar-refractivity contribution is -0.129. The minimum absolute atomic E-state index is 0.207. The van der Waals surface area contributed by atoms with Crippen LogP contribution in [0.15, 0.2) is 17.8 Å². The number of carbonyl (C=O) groups is 1. The van der Waals surface area contributed by atoms with Crippen LogP contribution in [-0.4, -0.2) is 45.9 Å². The van der Waals surface area contributed by atoms with Gasteiger partial charge in [0, 0.05) is 32.1 Å². The Bertz CT molecular complexity index is 696. The van der Waals surface area contributed by atoms with Gasteiger partial charge in [0.1, 0.15) is 12.1 Å². The number of hydrogen-bond donors (Lipinski definition) is 0. The summed E-state index contributed by atoms with van der Waals surface area (Å²) in [6.07, 6.45) is 6.28. The summed E-state index contributed by atoms with van der Waals surface area (Å²) in [6, 6.07) is 2.90. The van der Waals surface area contributed by atoms with Crippen LogP contribution in [0.5, 0.6) is 0 Å². The number of amides is 1. The standard InChI is InChI=1S/C16H20N4OS/c1-11(21)20(12-4-5-12)9-13-3-2-7-19(13)16-15-14(6-8-22-15)17-10-18-16/h6,8,10,12-13H,2-5,7,9H2,1H3. The molecule has 1 atom stereocenters. The van der Waals surface area contributed by atoms with Crippen molar-refractivity contribution in [2.24, 2.45) is 0 Å². The average molecular weight is 316 g/mol. The average Bonchev–Trinajstić information content (AvgIpc) is 3.05. The molecule has 2 aromatic heterocycles. The zero-order chi connectivity index (χ0) is 15.1. The van der Waals surface area contributed by atoms with Gasteiger partial charge in [-0.05, 0) is 37.1 Å². The second kappa shape index (κ2) is 5.50. The van der Waals surface area contributed by atoms with Crippen molar-refractivity contribution in [3.05, 3.63) is 17.8 Å². The molecule has 1 unspecified atom stereocenters. The second-order valence-corrected chi connectivity index (χ2v) is 7.14. The molecule has 1 amide bonds. The third-order valence-corrected chi connectivity index (χ3v) is 5.57. The molecule has 0 N–H and O–H groups in total. The fraction of sp³-hybridized carbons (Fsp3) is 0.562. The third kappa shape index (κ3) is 2.45. The number of hydrogen-bond acceptors (Lipinski definition) is 5. The first-order valence-electron chi connectivity index (χ1n) is 7.96. The fourth-order valence-corrected chi connectivity index (χ4v) is 4.28. The van der Waals surface area contributed by atoms with Gasteiger partial charge in [0.2, 0.25) is 5.91 Å². The lowest BCUT2D eigenvalue weighted by atomic mass is 10.2. The van der Waals surface area contributed by atoms with Crippen LogP contribution < -0.4 is 4.90 Å². The molecule has 2 fully saturated rings. The van der Waals surface area contributed by atoms with Crippen molar-refractivity contribution in [2.45, 2.75) is 44.7 Å². The van der Waals surface area contributed by atoms with Crippen molar-refractivity contribution in [2.75, 3.05) is 18.0 Å². The Balaban J connectivity index is 1.60. The largest absolute Gasteiger partial charge is 0.351 e. The smallest absolute Gasteiger partial charge is 0.219 e. The zero-order valence-electron chi connectivity index (χ0n) is 12.7. The topological polar surface area (TPSA) is 49.3 Å². The summed E-state index contributed by atoms with van der Waals surface area (Å²) >= 11 is 1.70. The van der Waals surface area contributed by atoms with E-state index in [2.05, 4.69) is 25.1 Å². The van der Waals surface area contributed by atoms with E-state index in [0.717, 1.165) is 54.8 Å².